The summed E-state index contributed by atoms with van der Waals surface area (Å²) in [7, 11) is 0. The number of hydrogen-bond donors (Lipinski definition) is 2. The van der Waals surface area contributed by atoms with E-state index in [0.717, 1.165) is 25.3 Å². The summed E-state index contributed by atoms with van der Waals surface area (Å²) in [6.07, 6.45) is 2.14. The Kier molecular flexibility index (Phi) is 5.78. The van der Waals surface area contributed by atoms with Gasteiger partial charge in [-0.2, -0.15) is 5.10 Å². The van der Waals surface area contributed by atoms with Crippen molar-refractivity contribution in [3.8, 4) is 5.75 Å². The Bertz CT molecular complexity index is 1170. The van der Waals surface area contributed by atoms with Crippen LogP contribution in [0.4, 0.5) is 0 Å². The summed E-state index contributed by atoms with van der Waals surface area (Å²) in [5.41, 5.74) is 4.13. The zero-order valence-electron chi connectivity index (χ0n) is 15.7. The molecule has 0 spiro atoms. The highest BCUT2D eigenvalue weighted by Crippen LogP contribution is 2.33. The first-order valence-corrected chi connectivity index (χ1v) is 10.9. The molecule has 0 unspecified atom stereocenters. The molecule has 0 aliphatic heterocycles. The molecule has 0 aliphatic carbocycles. The first kappa shape index (κ1) is 19.4. The Morgan fingerprint density at radius 1 is 1.21 bits per heavy atom. The van der Waals surface area contributed by atoms with Crippen molar-refractivity contribution in [3.05, 3.63) is 66.2 Å². The fraction of sp³-hybridized carbons (Fsp3) is 0.136. The molecule has 2 N–H and O–H groups in total. The Hall–Kier alpha value is -2.90. The van der Waals surface area contributed by atoms with Crippen LogP contribution in [-0.4, -0.2) is 27.5 Å². The van der Waals surface area contributed by atoms with E-state index < -0.39 is 0 Å². The highest BCUT2D eigenvalue weighted by Gasteiger charge is 2.19. The van der Waals surface area contributed by atoms with Crippen LogP contribution in [0, 0.1) is 0 Å². The lowest BCUT2D eigenvalue weighted by Crippen LogP contribution is -2.28. The second kappa shape index (κ2) is 8.63. The van der Waals surface area contributed by atoms with Crippen molar-refractivity contribution in [3.63, 3.8) is 0 Å². The van der Waals surface area contributed by atoms with Gasteiger partial charge in [-0.1, -0.05) is 61.2 Å². The quantitative estimate of drug-likeness (QED) is 0.256. The van der Waals surface area contributed by atoms with Crippen LogP contribution in [0.15, 0.2) is 70.1 Å². The van der Waals surface area contributed by atoms with Crippen molar-refractivity contribution in [1.29, 1.82) is 0 Å². The zero-order valence-corrected chi connectivity index (χ0v) is 17.3. The van der Waals surface area contributed by atoms with Crippen LogP contribution in [0.5, 0.6) is 5.75 Å². The van der Waals surface area contributed by atoms with Gasteiger partial charge in [0.05, 0.1) is 21.7 Å². The molecule has 7 heteroatoms. The molecule has 4 aromatic rings. The molecule has 0 fully saturated rings. The molecule has 1 amide bonds. The molecular weight excluding hydrogens is 402 g/mol. The number of carbonyl (C=O) groups is 1. The zero-order chi connectivity index (χ0) is 20.2. The van der Waals surface area contributed by atoms with Crippen LogP contribution < -0.4 is 5.43 Å². The van der Waals surface area contributed by atoms with Gasteiger partial charge < -0.3 is 5.11 Å². The number of hydrogen-bond acceptors (Lipinski definition) is 6. The molecular formula is C22H19N3O2S2. The number of phenolic OH excluding ortho intramolecular Hbond substituents is 1. The number of thioether (sulfide) groups is 1. The summed E-state index contributed by atoms with van der Waals surface area (Å²) >= 11 is 3.03. The van der Waals surface area contributed by atoms with E-state index in [1.54, 1.807) is 17.4 Å². The van der Waals surface area contributed by atoms with Gasteiger partial charge in [-0.3, -0.25) is 4.79 Å². The lowest BCUT2D eigenvalue weighted by atomic mass is 10.0. The largest absolute Gasteiger partial charge is 0.507 e. The number of rotatable bonds is 6. The number of amides is 1. The van der Waals surface area contributed by atoms with Crippen LogP contribution in [0.1, 0.15) is 18.9 Å². The average molecular weight is 422 g/mol. The van der Waals surface area contributed by atoms with Crippen molar-refractivity contribution in [2.75, 3.05) is 0 Å². The highest BCUT2D eigenvalue weighted by molar-refractivity contribution is 8.02. The molecule has 0 saturated carbocycles. The van der Waals surface area contributed by atoms with Crippen LogP contribution in [0.2, 0.25) is 0 Å². The van der Waals surface area contributed by atoms with Crippen molar-refractivity contribution >= 4 is 56.2 Å². The van der Waals surface area contributed by atoms with Gasteiger partial charge >= 0.3 is 0 Å². The molecule has 4 rings (SSSR count). The lowest BCUT2D eigenvalue weighted by molar-refractivity contribution is -0.120. The number of phenols is 1. The monoisotopic (exact) mass is 421 g/mol. The van der Waals surface area contributed by atoms with E-state index >= 15 is 0 Å². The van der Waals surface area contributed by atoms with Crippen molar-refractivity contribution in [1.82, 2.24) is 10.4 Å². The van der Waals surface area contributed by atoms with Gasteiger partial charge in [-0.25, -0.2) is 10.4 Å². The first-order valence-electron chi connectivity index (χ1n) is 9.21. The van der Waals surface area contributed by atoms with Gasteiger partial charge in [-0.05, 0) is 35.4 Å². The van der Waals surface area contributed by atoms with Crippen molar-refractivity contribution in [2.24, 2.45) is 5.10 Å². The number of aromatic hydroxyl groups is 1. The second-order valence-electron chi connectivity index (χ2n) is 6.42. The minimum atomic E-state index is -0.297. The first-order chi connectivity index (χ1) is 14.2. The van der Waals surface area contributed by atoms with Gasteiger partial charge in [0, 0.05) is 5.56 Å². The number of carbonyl (C=O) groups excluding carboxylic acids is 1. The maximum Gasteiger partial charge on any atom is 0.253 e. The van der Waals surface area contributed by atoms with Crippen molar-refractivity contribution < 1.29 is 9.90 Å². The minimum absolute atomic E-state index is 0.123. The van der Waals surface area contributed by atoms with E-state index in [2.05, 4.69) is 15.5 Å². The molecule has 1 atom stereocenters. The summed E-state index contributed by atoms with van der Waals surface area (Å²) in [5.74, 6) is -0.0645. The maximum absolute atomic E-state index is 12.6. The van der Waals surface area contributed by atoms with Crippen LogP contribution in [0.25, 0.3) is 21.0 Å². The summed E-state index contributed by atoms with van der Waals surface area (Å²) in [5, 5.41) is 15.8. The fourth-order valence-electron chi connectivity index (χ4n) is 3.00. The predicted molar refractivity (Wildman–Crippen MR) is 121 cm³/mol. The Morgan fingerprint density at radius 2 is 2.00 bits per heavy atom. The molecule has 0 saturated heterocycles. The number of nitrogens with zero attached hydrogens (tertiary/aromatic N) is 2. The molecule has 146 valence electrons. The number of nitrogens with one attached hydrogen (secondary N) is 1. The third-order valence-corrected chi connectivity index (χ3v) is 6.99. The van der Waals surface area contributed by atoms with Crippen LogP contribution in [-0.2, 0) is 4.79 Å². The van der Waals surface area contributed by atoms with Crippen LogP contribution in [0.3, 0.4) is 0 Å². The average Bonchev–Trinajstić information content (AvgIpc) is 3.16. The van der Waals surface area contributed by atoms with Crippen LogP contribution >= 0.6 is 23.1 Å². The molecule has 29 heavy (non-hydrogen) atoms. The van der Waals surface area contributed by atoms with Gasteiger partial charge in [-0.15, -0.1) is 11.3 Å². The summed E-state index contributed by atoms with van der Waals surface area (Å²) in [6, 6.07) is 19.1. The summed E-state index contributed by atoms with van der Waals surface area (Å²) in [6.45, 7) is 1.96. The van der Waals surface area contributed by atoms with Gasteiger partial charge in [0.1, 0.15) is 5.75 Å². The molecule has 0 bridgehead atoms. The van der Waals surface area contributed by atoms with Gasteiger partial charge in [0.2, 0.25) is 0 Å². The number of hydrazone groups is 1. The van der Waals surface area contributed by atoms with E-state index in [1.807, 2.05) is 61.5 Å². The predicted octanol–water partition coefficient (Wildman–Crippen LogP) is 5.18. The summed E-state index contributed by atoms with van der Waals surface area (Å²) in [4.78, 5) is 17.2. The van der Waals surface area contributed by atoms with E-state index in [4.69, 9.17) is 0 Å². The van der Waals surface area contributed by atoms with Gasteiger partial charge in [0.25, 0.3) is 5.91 Å². The molecule has 1 heterocycles. The second-order valence-corrected chi connectivity index (χ2v) is 8.90. The Morgan fingerprint density at radius 3 is 2.83 bits per heavy atom. The highest BCUT2D eigenvalue weighted by atomic mass is 32.2. The number of fused-ring (bicyclic) bond motifs is 2. The molecule has 5 nitrogen and oxygen atoms in total. The maximum atomic E-state index is 12.6. The topological polar surface area (TPSA) is 74.6 Å². The fourth-order valence-corrected chi connectivity index (χ4v) is 5.23. The van der Waals surface area contributed by atoms with Crippen molar-refractivity contribution in [2.45, 2.75) is 22.9 Å². The Balaban J connectivity index is 1.47. The lowest BCUT2D eigenvalue weighted by Gasteiger charge is -2.10. The standard InChI is InChI=1S/C22H19N3O2S2/c1-2-19(28-22-24-17-9-5-6-10-20(17)29-22)21(27)25-23-13-16-15-8-4-3-7-14(15)11-12-18(16)26/h3-13,19,26H,2H2,1H3,(H,25,27)/b23-13+/t19-/m0/s1. The number of thiazole rings is 1. The molecule has 1 aromatic heterocycles. The van der Waals surface area contributed by atoms with E-state index in [-0.39, 0.29) is 16.9 Å². The van der Waals surface area contributed by atoms with E-state index in [0.29, 0.717) is 12.0 Å². The third-order valence-electron chi connectivity index (χ3n) is 4.50. The minimum Gasteiger partial charge on any atom is -0.507 e. The summed E-state index contributed by atoms with van der Waals surface area (Å²) < 4.78 is 1.97. The SMILES string of the molecule is CC[C@H](Sc1nc2ccccc2s1)C(=O)N/N=C/c1c(O)ccc2ccccc12. The number of para-hydroxylation sites is 1. The molecule has 0 radical (unpaired) electrons. The number of benzene rings is 3. The smallest absolute Gasteiger partial charge is 0.253 e. The van der Waals surface area contributed by atoms with Gasteiger partial charge in [0.15, 0.2) is 4.34 Å². The Labute approximate surface area is 176 Å². The number of aromatic nitrogens is 1. The van der Waals surface area contributed by atoms with E-state index in [9.17, 15) is 9.90 Å². The molecule has 0 aliphatic rings. The third kappa shape index (κ3) is 4.26. The molecule has 3 aromatic carbocycles. The normalized spacial score (nSPS) is 12.6. The van der Waals surface area contributed by atoms with E-state index in [1.165, 1.54) is 18.0 Å².